The molecule has 412 valence electrons. The molecule has 6 aromatic rings. The van der Waals surface area contributed by atoms with Gasteiger partial charge in [-0.25, -0.2) is 44.1 Å². The van der Waals surface area contributed by atoms with Gasteiger partial charge in [0.1, 0.15) is 17.7 Å². The molecule has 79 heavy (non-hydrogen) atoms. The van der Waals surface area contributed by atoms with Gasteiger partial charge in [-0.1, -0.05) is 87.1 Å². The van der Waals surface area contributed by atoms with Crippen molar-refractivity contribution in [2.75, 3.05) is 22.9 Å². The standard InChI is InChI=1S/C29H28F2N4O3S.C22H27N3O.C7H2ClF2NO2S/c1-32-26-16-24(30)25(31)17-28(26)39(37,38)35-15-14-27(35)29(36)34(23-10-6-3-7-11-23)19-22-13-12-21(18-33-22)20-8-4-2-5-9-20;26-22(21-13-14-23-21)25(20-9-5-2-6-10-20)16-19-12-11-18(15-24-19)17-7-3-1-4-8-17;1-11-6-2-4(9)5(10)3-7(6)14(8,12)13/h3,6-7,10-13,16-18,20,27H,2,4-5,8-9,14-15,19H2;2,5-6,9-12,15,17,21,23H,1,3-4,7-8,13-14,16H2;2-3H. The summed E-state index contributed by atoms with van der Waals surface area (Å²) in [5.41, 5.74) is 4.59. The molecule has 2 saturated heterocycles. The van der Waals surface area contributed by atoms with Crippen LogP contribution in [0.3, 0.4) is 0 Å². The smallest absolute Gasteiger partial charge is 0.252 e. The minimum absolute atomic E-state index is 0.0200. The second kappa shape index (κ2) is 26.3. The van der Waals surface area contributed by atoms with Crippen molar-refractivity contribution in [1.29, 1.82) is 0 Å². The predicted octanol–water partition coefficient (Wildman–Crippen LogP) is 12.4. The summed E-state index contributed by atoms with van der Waals surface area (Å²) < 4.78 is 102. The van der Waals surface area contributed by atoms with E-state index in [9.17, 15) is 44.0 Å². The summed E-state index contributed by atoms with van der Waals surface area (Å²) in [6, 6.07) is 27.9. The zero-order chi connectivity index (χ0) is 56.3. The Labute approximate surface area is 462 Å². The van der Waals surface area contributed by atoms with E-state index in [2.05, 4.69) is 38.2 Å². The maximum Gasteiger partial charge on any atom is 0.252 e. The lowest BCUT2D eigenvalue weighted by Gasteiger charge is -2.41. The first-order chi connectivity index (χ1) is 38.0. The van der Waals surface area contributed by atoms with Crippen molar-refractivity contribution in [2.24, 2.45) is 0 Å². The van der Waals surface area contributed by atoms with Crippen LogP contribution >= 0.6 is 10.7 Å². The number of sulfonamides is 1. The fraction of sp³-hybridized carbons (Fsp3) is 0.345. The van der Waals surface area contributed by atoms with Gasteiger partial charge in [-0.3, -0.25) is 19.6 Å². The van der Waals surface area contributed by atoms with E-state index in [0.29, 0.717) is 54.0 Å². The molecule has 2 unspecified atom stereocenters. The van der Waals surface area contributed by atoms with Gasteiger partial charge in [-0.15, -0.1) is 0 Å². The Morgan fingerprint density at radius 2 is 1.03 bits per heavy atom. The number of halogens is 5. The molecule has 4 heterocycles. The van der Waals surface area contributed by atoms with Crippen LogP contribution in [0, 0.1) is 36.4 Å². The number of carbonyl (C=O) groups excluding carboxylic acids is 2. The average Bonchev–Trinajstić information content (AvgIpc) is 3.62. The Bertz CT molecular complexity index is 3430. The van der Waals surface area contributed by atoms with Gasteiger partial charge in [0.2, 0.25) is 33.2 Å². The van der Waals surface area contributed by atoms with Crippen molar-refractivity contribution in [3.63, 3.8) is 0 Å². The van der Waals surface area contributed by atoms with Gasteiger partial charge in [0.15, 0.2) is 11.6 Å². The van der Waals surface area contributed by atoms with Crippen LogP contribution in [-0.2, 0) is 41.8 Å². The molecule has 0 radical (unpaired) electrons. The highest BCUT2D eigenvalue weighted by Gasteiger charge is 2.46. The Balaban J connectivity index is 0.000000176. The Hall–Kier alpha value is -7.07. The minimum Gasteiger partial charge on any atom is -0.306 e. The number of rotatable bonds is 13. The Morgan fingerprint density at radius 1 is 0.595 bits per heavy atom. The van der Waals surface area contributed by atoms with Crippen molar-refractivity contribution in [3.05, 3.63) is 190 Å². The van der Waals surface area contributed by atoms with Gasteiger partial charge >= 0.3 is 0 Å². The summed E-state index contributed by atoms with van der Waals surface area (Å²) in [4.78, 5) is 43.8. The number of anilines is 2. The number of aromatic nitrogens is 2. The van der Waals surface area contributed by atoms with Crippen LogP contribution in [0.1, 0.15) is 111 Å². The number of nitrogens with one attached hydrogen (secondary N) is 1. The second-order valence-corrected chi connectivity index (χ2v) is 24.1. The molecule has 4 fully saturated rings. The van der Waals surface area contributed by atoms with Crippen LogP contribution in [0.2, 0.25) is 0 Å². The lowest BCUT2D eigenvalue weighted by Crippen LogP contribution is -2.59. The van der Waals surface area contributed by atoms with E-state index in [-0.39, 0.29) is 31.5 Å². The minimum atomic E-state index is -4.44. The Morgan fingerprint density at radius 3 is 1.41 bits per heavy atom. The summed E-state index contributed by atoms with van der Waals surface area (Å²) in [6.45, 7) is 15.4. The zero-order valence-corrected chi connectivity index (χ0v) is 45.3. The number of nitrogens with zero attached hydrogens (tertiary/aromatic N) is 7. The largest absolute Gasteiger partial charge is 0.306 e. The van der Waals surface area contributed by atoms with E-state index in [1.165, 1.54) is 67.4 Å². The fourth-order valence-electron chi connectivity index (χ4n) is 10.1. The SMILES string of the molecule is O=C(C1CCN1)N(Cc1ccc(C2CCCCC2)cn1)c1ccccc1.[C-]#[N+]c1cc(F)c(F)cc1S(=O)(=O)Cl.[C-]#[N+]c1cc(F)c(F)cc1S(=O)(=O)N1CCC1C(=O)N(Cc1ccc(C2CCCCC2)cn1)c1ccccc1. The highest BCUT2D eigenvalue weighted by Crippen LogP contribution is 2.37. The predicted molar refractivity (Wildman–Crippen MR) is 292 cm³/mol. The average molecular weight is 1140 g/mol. The van der Waals surface area contributed by atoms with Crippen LogP contribution in [-0.4, -0.2) is 68.1 Å². The molecule has 4 aliphatic rings. The van der Waals surface area contributed by atoms with Gasteiger partial charge in [-0.2, -0.15) is 4.31 Å². The molecule has 2 atom stereocenters. The molecule has 21 heteroatoms. The maximum absolute atomic E-state index is 14.0. The number of amides is 2. The van der Waals surface area contributed by atoms with E-state index in [1.807, 2.05) is 59.8 Å². The monoisotopic (exact) mass is 1140 g/mol. The number of pyridine rings is 2. The van der Waals surface area contributed by atoms with Crippen molar-refractivity contribution in [2.45, 2.75) is 124 Å². The van der Waals surface area contributed by atoms with Crippen LogP contribution in [0.5, 0.6) is 0 Å². The molecule has 1 N–H and O–H groups in total. The number of carbonyl (C=O) groups is 2. The molecular formula is C58H57ClF4N8O6S2. The quantitative estimate of drug-likeness (QED) is 0.0675. The first kappa shape index (κ1) is 58.1. The fourth-order valence-corrected chi connectivity index (χ4v) is 12.8. The van der Waals surface area contributed by atoms with Crippen LogP contribution in [0.25, 0.3) is 9.69 Å². The molecule has 2 aliphatic carbocycles. The van der Waals surface area contributed by atoms with Gasteiger partial charge in [0.25, 0.3) is 9.05 Å². The highest BCUT2D eigenvalue weighted by molar-refractivity contribution is 8.13. The number of benzene rings is 4. The molecule has 4 aromatic carbocycles. The van der Waals surface area contributed by atoms with Crippen LogP contribution in [0.4, 0.5) is 40.3 Å². The normalized spacial score (nSPS) is 17.7. The van der Waals surface area contributed by atoms with E-state index in [1.54, 1.807) is 24.3 Å². The topological polar surface area (TPSA) is 159 Å². The van der Waals surface area contributed by atoms with Gasteiger partial charge < -0.3 is 15.1 Å². The summed E-state index contributed by atoms with van der Waals surface area (Å²) >= 11 is 0. The molecule has 2 aliphatic heterocycles. The van der Waals surface area contributed by atoms with E-state index < -0.39 is 75.5 Å². The molecule has 2 amide bonds. The lowest BCUT2D eigenvalue weighted by atomic mass is 9.85. The second-order valence-electron chi connectivity index (χ2n) is 19.7. The third-order valence-corrected chi connectivity index (χ3v) is 17.9. The first-order valence-electron chi connectivity index (χ1n) is 26.0. The summed E-state index contributed by atoms with van der Waals surface area (Å²) in [5.74, 6) is -4.50. The number of para-hydroxylation sites is 2. The van der Waals surface area contributed by atoms with Gasteiger partial charge in [0, 0.05) is 41.0 Å². The summed E-state index contributed by atoms with van der Waals surface area (Å²) in [5, 5.41) is 3.22. The summed E-state index contributed by atoms with van der Waals surface area (Å²) in [6.07, 6.45) is 17.6. The van der Waals surface area contributed by atoms with Crippen LogP contribution in [0.15, 0.2) is 131 Å². The van der Waals surface area contributed by atoms with E-state index in [0.717, 1.165) is 41.5 Å². The maximum atomic E-state index is 14.0. The number of hydrogen-bond acceptors (Lipinski definition) is 9. The van der Waals surface area contributed by atoms with Crippen molar-refractivity contribution < 1.29 is 44.0 Å². The van der Waals surface area contributed by atoms with Gasteiger partial charge in [0.05, 0.1) is 53.5 Å². The van der Waals surface area contributed by atoms with Crippen molar-refractivity contribution in [3.8, 4) is 0 Å². The zero-order valence-electron chi connectivity index (χ0n) is 43.0. The molecule has 0 bridgehead atoms. The highest BCUT2D eigenvalue weighted by atomic mass is 35.7. The van der Waals surface area contributed by atoms with E-state index >= 15 is 0 Å². The summed E-state index contributed by atoms with van der Waals surface area (Å²) in [7, 11) is -3.76. The first-order valence-corrected chi connectivity index (χ1v) is 29.8. The number of hydrogen-bond donors (Lipinski definition) is 1. The molecule has 0 spiro atoms. The van der Waals surface area contributed by atoms with Gasteiger partial charge in [-0.05, 0) is 129 Å². The molecular weight excluding hydrogens is 1080 g/mol. The third kappa shape index (κ3) is 14.2. The Kier molecular flexibility index (Phi) is 19.3. The van der Waals surface area contributed by atoms with Crippen molar-refractivity contribution >= 4 is 64.3 Å². The molecule has 10 rings (SSSR count). The molecule has 14 nitrogen and oxygen atoms in total. The third-order valence-electron chi connectivity index (χ3n) is 14.6. The van der Waals surface area contributed by atoms with Crippen molar-refractivity contribution in [1.82, 2.24) is 19.6 Å². The molecule has 2 saturated carbocycles. The molecule has 2 aromatic heterocycles. The van der Waals surface area contributed by atoms with E-state index in [4.69, 9.17) is 28.8 Å². The lowest BCUT2D eigenvalue weighted by molar-refractivity contribution is -0.125. The van der Waals surface area contributed by atoms with Crippen LogP contribution < -0.4 is 15.1 Å².